The molecule has 1 aromatic carbocycles. The first-order valence-electron chi connectivity index (χ1n) is 9.85. The molecule has 1 atom stereocenters. The fourth-order valence-corrected chi connectivity index (χ4v) is 4.59. The van der Waals surface area contributed by atoms with Crippen molar-refractivity contribution >= 4 is 28.8 Å². The molecule has 1 unspecified atom stereocenters. The molecule has 3 rings (SSSR count). The summed E-state index contributed by atoms with van der Waals surface area (Å²) in [6.45, 7) is 4.32. The zero-order chi connectivity index (χ0) is 22.7. The van der Waals surface area contributed by atoms with E-state index < -0.39 is 12.0 Å². The van der Waals surface area contributed by atoms with Crippen molar-refractivity contribution in [3.05, 3.63) is 46.1 Å². The Morgan fingerprint density at radius 1 is 1.23 bits per heavy atom. The average molecular weight is 446 g/mol. The van der Waals surface area contributed by atoms with Crippen LogP contribution in [0.1, 0.15) is 31.9 Å². The van der Waals surface area contributed by atoms with Gasteiger partial charge in [-0.25, -0.2) is 9.79 Å². The molecule has 0 aliphatic carbocycles. The molecule has 166 valence electrons. The van der Waals surface area contributed by atoms with Crippen LogP contribution >= 0.6 is 11.8 Å². The normalized spacial score (nSPS) is 17.6. The molecule has 1 amide bonds. The third-order valence-electron chi connectivity index (χ3n) is 5.37. The van der Waals surface area contributed by atoms with E-state index in [4.69, 9.17) is 14.2 Å². The first kappa shape index (κ1) is 22.7. The van der Waals surface area contributed by atoms with Gasteiger partial charge in [0.25, 0.3) is 0 Å². The molecule has 0 radical (unpaired) electrons. The van der Waals surface area contributed by atoms with Gasteiger partial charge in [-0.2, -0.15) is 0 Å². The molecule has 0 bridgehead atoms. The number of nitrogens with zero attached hydrogens (tertiary/aromatic N) is 3. The molecule has 2 aliphatic rings. The number of rotatable bonds is 7. The number of thioether (sulfide) groups is 1. The number of carbonyl (C=O) groups is 2. The Morgan fingerprint density at radius 2 is 1.97 bits per heavy atom. The molecular formula is C22H27N3O5S. The summed E-state index contributed by atoms with van der Waals surface area (Å²) in [5.74, 6) is 0.560. The number of hydrogen-bond donors (Lipinski definition) is 0. The van der Waals surface area contributed by atoms with Crippen molar-refractivity contribution in [1.29, 1.82) is 0 Å². The van der Waals surface area contributed by atoms with Gasteiger partial charge in [-0.15, -0.1) is 0 Å². The van der Waals surface area contributed by atoms with Gasteiger partial charge in [-0.05, 0) is 25.3 Å². The third-order valence-corrected chi connectivity index (χ3v) is 6.26. The first-order valence-corrected chi connectivity index (χ1v) is 10.7. The van der Waals surface area contributed by atoms with Crippen LogP contribution in [0.3, 0.4) is 0 Å². The number of para-hydroxylation sites is 1. The molecule has 0 fully saturated rings. The molecule has 0 aromatic heterocycles. The Balaban J connectivity index is 2.16. The first-order chi connectivity index (χ1) is 14.9. The molecule has 9 heteroatoms. The summed E-state index contributed by atoms with van der Waals surface area (Å²) < 4.78 is 16.2. The van der Waals surface area contributed by atoms with Crippen LogP contribution in [0, 0.1) is 0 Å². The second-order valence-corrected chi connectivity index (χ2v) is 7.89. The van der Waals surface area contributed by atoms with Crippen molar-refractivity contribution in [2.24, 2.45) is 4.99 Å². The minimum atomic E-state index is -0.578. The van der Waals surface area contributed by atoms with Gasteiger partial charge in [-0.3, -0.25) is 4.79 Å². The van der Waals surface area contributed by atoms with Gasteiger partial charge in [0.2, 0.25) is 5.91 Å². The Hall–Kier alpha value is -2.94. The van der Waals surface area contributed by atoms with Crippen molar-refractivity contribution in [2.75, 3.05) is 34.9 Å². The van der Waals surface area contributed by atoms with Crippen LogP contribution in [0.25, 0.3) is 0 Å². The maximum Gasteiger partial charge on any atom is 0.338 e. The Labute approximate surface area is 186 Å². The maximum absolute atomic E-state index is 12.8. The largest absolute Gasteiger partial charge is 0.493 e. The number of fused-ring (bicyclic) bond motifs is 1. The predicted molar refractivity (Wildman–Crippen MR) is 120 cm³/mol. The van der Waals surface area contributed by atoms with Crippen molar-refractivity contribution in [3.63, 3.8) is 0 Å². The zero-order valence-electron chi connectivity index (χ0n) is 18.6. The molecule has 31 heavy (non-hydrogen) atoms. The molecule has 2 heterocycles. The molecule has 8 nitrogen and oxygen atoms in total. The highest BCUT2D eigenvalue weighted by Crippen LogP contribution is 2.48. The summed E-state index contributed by atoms with van der Waals surface area (Å²) in [6, 6.07) is 4.94. The van der Waals surface area contributed by atoms with Crippen LogP contribution in [-0.2, 0) is 14.3 Å². The average Bonchev–Trinajstić information content (AvgIpc) is 3.17. The minimum Gasteiger partial charge on any atom is -0.493 e. The van der Waals surface area contributed by atoms with E-state index in [1.54, 1.807) is 39.2 Å². The SMILES string of the molecule is CCN(C)C(=O)CC1=CSC2=NC(C)=C(C(=O)OC)C(c3cccc(OC)c3OC)N12. The number of amides is 1. The molecule has 2 aliphatic heterocycles. The molecule has 0 N–H and O–H groups in total. The van der Waals surface area contributed by atoms with Gasteiger partial charge in [0.15, 0.2) is 16.7 Å². The fourth-order valence-electron chi connectivity index (χ4n) is 3.63. The van der Waals surface area contributed by atoms with Crippen LogP contribution < -0.4 is 9.47 Å². The Bertz CT molecular complexity index is 985. The van der Waals surface area contributed by atoms with E-state index in [2.05, 4.69) is 4.99 Å². The molecular weight excluding hydrogens is 418 g/mol. The molecule has 0 saturated carbocycles. The topological polar surface area (TPSA) is 80.7 Å². The lowest BCUT2D eigenvalue weighted by Gasteiger charge is -2.37. The van der Waals surface area contributed by atoms with Crippen molar-refractivity contribution in [2.45, 2.75) is 26.3 Å². The van der Waals surface area contributed by atoms with Gasteiger partial charge in [0.05, 0.1) is 45.1 Å². The van der Waals surface area contributed by atoms with Crippen LogP contribution in [0.4, 0.5) is 0 Å². The summed E-state index contributed by atoms with van der Waals surface area (Å²) in [6.07, 6.45) is 0.187. The van der Waals surface area contributed by atoms with Crippen LogP contribution in [0.2, 0.25) is 0 Å². The van der Waals surface area contributed by atoms with Gasteiger partial charge in [0.1, 0.15) is 0 Å². The van der Waals surface area contributed by atoms with Crippen molar-refractivity contribution in [1.82, 2.24) is 9.80 Å². The van der Waals surface area contributed by atoms with Gasteiger partial charge < -0.3 is 24.0 Å². The van der Waals surface area contributed by atoms with Crippen molar-refractivity contribution in [3.8, 4) is 11.5 Å². The lowest BCUT2D eigenvalue weighted by atomic mass is 9.92. The molecule has 1 aromatic rings. The number of esters is 1. The standard InChI is InChI=1S/C22H27N3O5S/c1-7-24(3)17(26)11-14-12-31-22-23-13(2)18(21(27)30-6)19(25(14)22)15-9-8-10-16(28-4)20(15)29-5/h8-10,12,19H,7,11H2,1-6H3. The van der Waals surface area contributed by atoms with E-state index in [-0.39, 0.29) is 12.3 Å². The molecule has 0 spiro atoms. The summed E-state index contributed by atoms with van der Waals surface area (Å²) in [4.78, 5) is 33.7. The highest BCUT2D eigenvalue weighted by atomic mass is 32.2. The molecule has 0 saturated heterocycles. The third kappa shape index (κ3) is 4.14. The lowest BCUT2D eigenvalue weighted by molar-refractivity contribution is -0.136. The van der Waals surface area contributed by atoms with E-state index in [1.807, 2.05) is 29.4 Å². The maximum atomic E-state index is 12.8. The summed E-state index contributed by atoms with van der Waals surface area (Å²) in [7, 11) is 6.23. The minimum absolute atomic E-state index is 0.0159. The van der Waals surface area contributed by atoms with E-state index in [9.17, 15) is 9.59 Å². The second-order valence-electron chi connectivity index (χ2n) is 7.05. The van der Waals surface area contributed by atoms with E-state index >= 15 is 0 Å². The fraction of sp³-hybridized carbons (Fsp3) is 0.409. The second kappa shape index (κ2) is 9.47. The summed E-state index contributed by atoms with van der Waals surface area (Å²) >= 11 is 1.43. The number of carbonyl (C=O) groups excluding carboxylic acids is 2. The van der Waals surface area contributed by atoms with Gasteiger partial charge in [-0.1, -0.05) is 23.9 Å². The number of hydrogen-bond acceptors (Lipinski definition) is 8. The smallest absolute Gasteiger partial charge is 0.338 e. The van der Waals surface area contributed by atoms with Crippen LogP contribution in [0.15, 0.2) is 45.6 Å². The quantitative estimate of drug-likeness (QED) is 0.596. The van der Waals surface area contributed by atoms with E-state index in [1.165, 1.54) is 18.9 Å². The van der Waals surface area contributed by atoms with Crippen molar-refractivity contribution < 1.29 is 23.8 Å². The Morgan fingerprint density at radius 3 is 2.58 bits per heavy atom. The van der Waals surface area contributed by atoms with Crippen LogP contribution in [-0.4, -0.2) is 61.8 Å². The zero-order valence-corrected chi connectivity index (χ0v) is 19.4. The van der Waals surface area contributed by atoms with Gasteiger partial charge in [0, 0.05) is 24.9 Å². The van der Waals surface area contributed by atoms with E-state index in [0.29, 0.717) is 34.5 Å². The number of amidine groups is 1. The Kier molecular flexibility index (Phi) is 6.94. The number of allylic oxidation sites excluding steroid dienone is 1. The number of benzene rings is 1. The lowest BCUT2D eigenvalue weighted by Crippen LogP contribution is -2.38. The summed E-state index contributed by atoms with van der Waals surface area (Å²) in [5.41, 5.74) is 2.44. The van der Waals surface area contributed by atoms with Gasteiger partial charge >= 0.3 is 5.97 Å². The number of ether oxygens (including phenoxy) is 3. The monoisotopic (exact) mass is 445 g/mol. The van der Waals surface area contributed by atoms with Crippen LogP contribution in [0.5, 0.6) is 11.5 Å². The number of aliphatic imine (C=N–C) groups is 1. The highest BCUT2D eigenvalue weighted by Gasteiger charge is 2.42. The summed E-state index contributed by atoms with van der Waals surface area (Å²) in [5, 5.41) is 2.61. The highest BCUT2D eigenvalue weighted by molar-refractivity contribution is 8.16. The number of methoxy groups -OCH3 is 3. The predicted octanol–water partition coefficient (Wildman–Crippen LogP) is 3.32. The van der Waals surface area contributed by atoms with E-state index in [0.717, 1.165) is 11.3 Å².